The normalized spacial score (nSPS) is 12.6. The number of halogens is 1. The number of hydrogen-bond acceptors (Lipinski definition) is 3. The number of hydroxylamine groups is 1. The van der Waals surface area contributed by atoms with Crippen molar-refractivity contribution in [1.29, 1.82) is 0 Å². The van der Waals surface area contributed by atoms with Gasteiger partial charge in [-0.1, -0.05) is 0 Å². The fraction of sp³-hybridized carbons (Fsp3) is 0.833. The molecular weight excluding hydrogens is 170 g/mol. The van der Waals surface area contributed by atoms with Gasteiger partial charge in [0, 0.05) is 7.11 Å². The van der Waals surface area contributed by atoms with E-state index in [4.69, 9.17) is 11.6 Å². The summed E-state index contributed by atoms with van der Waals surface area (Å²) in [5, 5.41) is -0.572. The third-order valence-electron chi connectivity index (χ3n) is 0.924. The van der Waals surface area contributed by atoms with Crippen LogP contribution in [0, 0.1) is 0 Å². The van der Waals surface area contributed by atoms with E-state index in [1.807, 2.05) is 0 Å². The minimum atomic E-state index is -0.572. The number of carbonyl (C=O) groups is 1. The minimum Gasteiger partial charge on any atom is -0.382 e. The van der Waals surface area contributed by atoms with E-state index in [2.05, 4.69) is 15.1 Å². The van der Waals surface area contributed by atoms with Crippen molar-refractivity contribution in [3.05, 3.63) is 0 Å². The topological polar surface area (TPSA) is 47.6 Å². The maximum Gasteiger partial charge on any atom is 0.261 e. The first-order chi connectivity index (χ1) is 5.18. The largest absolute Gasteiger partial charge is 0.382 e. The lowest BCUT2D eigenvalue weighted by Crippen LogP contribution is -2.30. The van der Waals surface area contributed by atoms with Crippen molar-refractivity contribution in [3.63, 3.8) is 0 Å². The summed E-state index contributed by atoms with van der Waals surface area (Å²) in [4.78, 5) is 15.4. The smallest absolute Gasteiger partial charge is 0.261 e. The van der Waals surface area contributed by atoms with Crippen molar-refractivity contribution < 1.29 is 14.4 Å². The van der Waals surface area contributed by atoms with E-state index in [0.29, 0.717) is 13.2 Å². The van der Waals surface area contributed by atoms with E-state index in [1.54, 1.807) is 14.0 Å². The molecule has 1 atom stereocenters. The molecule has 0 aromatic carbocycles. The van der Waals surface area contributed by atoms with E-state index in [1.165, 1.54) is 0 Å². The van der Waals surface area contributed by atoms with Crippen LogP contribution in [0.15, 0.2) is 0 Å². The van der Waals surface area contributed by atoms with Crippen LogP contribution in [0.5, 0.6) is 0 Å². The Bertz CT molecular complexity index is 118. The highest BCUT2D eigenvalue weighted by atomic mass is 35.5. The van der Waals surface area contributed by atoms with Gasteiger partial charge in [-0.05, 0) is 6.92 Å². The zero-order valence-electron chi connectivity index (χ0n) is 6.59. The van der Waals surface area contributed by atoms with Gasteiger partial charge in [-0.3, -0.25) is 9.63 Å². The summed E-state index contributed by atoms with van der Waals surface area (Å²) in [6.07, 6.45) is 0. The standard InChI is InChI=1S/C6H12ClNO3/c1-5(7)6(9)8-11-4-3-10-2/h5H,3-4H2,1-2H3,(H,8,9). The molecule has 0 aliphatic rings. The molecule has 1 N–H and O–H groups in total. The molecule has 5 heteroatoms. The molecule has 0 heterocycles. The van der Waals surface area contributed by atoms with Crippen LogP contribution in [0.1, 0.15) is 6.92 Å². The lowest BCUT2D eigenvalue weighted by molar-refractivity contribution is -0.133. The van der Waals surface area contributed by atoms with E-state index >= 15 is 0 Å². The monoisotopic (exact) mass is 181 g/mol. The second-order valence-electron chi connectivity index (χ2n) is 1.92. The molecular formula is C6H12ClNO3. The molecule has 0 rings (SSSR count). The second kappa shape index (κ2) is 6.39. The van der Waals surface area contributed by atoms with Crippen LogP contribution in [0.3, 0.4) is 0 Å². The fourth-order valence-corrected chi connectivity index (χ4v) is 0.373. The Balaban J connectivity index is 3.18. The lowest BCUT2D eigenvalue weighted by atomic mass is 10.5. The summed E-state index contributed by atoms with van der Waals surface area (Å²) in [5.41, 5.74) is 2.17. The van der Waals surface area contributed by atoms with Gasteiger partial charge in [0.25, 0.3) is 5.91 Å². The van der Waals surface area contributed by atoms with Gasteiger partial charge in [-0.25, -0.2) is 5.48 Å². The Morgan fingerprint density at radius 1 is 1.64 bits per heavy atom. The SMILES string of the molecule is COCCONC(=O)C(C)Cl. The highest BCUT2D eigenvalue weighted by Crippen LogP contribution is 1.91. The quantitative estimate of drug-likeness (QED) is 0.377. The second-order valence-corrected chi connectivity index (χ2v) is 2.58. The molecule has 0 aromatic rings. The Morgan fingerprint density at radius 2 is 2.27 bits per heavy atom. The first-order valence-corrected chi connectivity index (χ1v) is 3.66. The summed E-state index contributed by atoms with van der Waals surface area (Å²) in [6, 6.07) is 0. The summed E-state index contributed by atoms with van der Waals surface area (Å²) in [6.45, 7) is 2.33. The lowest BCUT2D eigenvalue weighted by Gasteiger charge is -2.05. The molecule has 0 radical (unpaired) electrons. The van der Waals surface area contributed by atoms with Gasteiger partial charge in [0.05, 0.1) is 13.2 Å². The zero-order valence-corrected chi connectivity index (χ0v) is 7.35. The maximum absolute atomic E-state index is 10.7. The number of rotatable bonds is 5. The number of amides is 1. The predicted molar refractivity (Wildman–Crippen MR) is 41.3 cm³/mol. The van der Waals surface area contributed by atoms with Crippen LogP contribution >= 0.6 is 11.6 Å². The molecule has 0 fully saturated rings. The predicted octanol–water partition coefficient (Wildman–Crippen LogP) is 0.308. The molecule has 4 nitrogen and oxygen atoms in total. The first kappa shape index (κ1) is 10.7. The zero-order chi connectivity index (χ0) is 8.69. The number of methoxy groups -OCH3 is 1. The molecule has 0 saturated heterocycles. The van der Waals surface area contributed by atoms with Crippen molar-refractivity contribution in [1.82, 2.24) is 5.48 Å². The fourth-order valence-electron chi connectivity index (χ4n) is 0.328. The van der Waals surface area contributed by atoms with Crippen LogP contribution in [-0.4, -0.2) is 31.6 Å². The van der Waals surface area contributed by atoms with E-state index in [-0.39, 0.29) is 5.91 Å². The van der Waals surface area contributed by atoms with Crippen molar-refractivity contribution in [2.24, 2.45) is 0 Å². The molecule has 0 bridgehead atoms. The Labute approximate surface area is 70.8 Å². The highest BCUT2D eigenvalue weighted by Gasteiger charge is 2.07. The number of hydrogen-bond donors (Lipinski definition) is 1. The highest BCUT2D eigenvalue weighted by molar-refractivity contribution is 6.30. The van der Waals surface area contributed by atoms with Gasteiger partial charge in [0.1, 0.15) is 5.38 Å². The Hall–Kier alpha value is -0.320. The molecule has 0 aliphatic carbocycles. The molecule has 1 amide bonds. The van der Waals surface area contributed by atoms with E-state index in [9.17, 15) is 4.79 Å². The molecule has 0 aliphatic heterocycles. The molecule has 11 heavy (non-hydrogen) atoms. The van der Waals surface area contributed by atoms with Gasteiger partial charge >= 0.3 is 0 Å². The van der Waals surface area contributed by atoms with Crippen LogP contribution in [0.2, 0.25) is 0 Å². The Kier molecular flexibility index (Phi) is 6.21. The van der Waals surface area contributed by atoms with Gasteiger partial charge in [0.2, 0.25) is 0 Å². The molecule has 1 unspecified atom stereocenters. The Morgan fingerprint density at radius 3 is 2.73 bits per heavy atom. The van der Waals surface area contributed by atoms with Gasteiger partial charge < -0.3 is 4.74 Å². The van der Waals surface area contributed by atoms with Crippen LogP contribution in [0.4, 0.5) is 0 Å². The third-order valence-corrected chi connectivity index (χ3v) is 1.12. The molecule has 0 saturated carbocycles. The number of alkyl halides is 1. The van der Waals surface area contributed by atoms with Crippen LogP contribution < -0.4 is 5.48 Å². The van der Waals surface area contributed by atoms with E-state index < -0.39 is 5.38 Å². The van der Waals surface area contributed by atoms with E-state index in [0.717, 1.165) is 0 Å². The van der Waals surface area contributed by atoms with Crippen molar-refractivity contribution in [2.45, 2.75) is 12.3 Å². The van der Waals surface area contributed by atoms with Crippen molar-refractivity contribution in [2.75, 3.05) is 20.3 Å². The van der Waals surface area contributed by atoms with Crippen molar-refractivity contribution in [3.8, 4) is 0 Å². The summed E-state index contributed by atoms with van der Waals surface area (Å²) in [7, 11) is 1.55. The van der Waals surface area contributed by atoms with Gasteiger partial charge in [0.15, 0.2) is 0 Å². The number of ether oxygens (including phenoxy) is 1. The molecule has 0 spiro atoms. The summed E-state index contributed by atoms with van der Waals surface area (Å²) in [5.74, 6) is -0.345. The average Bonchev–Trinajstić information content (AvgIpc) is 1.97. The number of nitrogens with one attached hydrogen (secondary N) is 1. The average molecular weight is 182 g/mol. The summed E-state index contributed by atoms with van der Waals surface area (Å²) >= 11 is 5.42. The maximum atomic E-state index is 10.7. The van der Waals surface area contributed by atoms with Crippen molar-refractivity contribution >= 4 is 17.5 Å². The van der Waals surface area contributed by atoms with Crippen LogP contribution in [0.25, 0.3) is 0 Å². The molecule has 66 valence electrons. The van der Waals surface area contributed by atoms with Gasteiger partial charge in [-0.15, -0.1) is 11.6 Å². The van der Waals surface area contributed by atoms with Crippen LogP contribution in [-0.2, 0) is 14.4 Å². The summed E-state index contributed by atoms with van der Waals surface area (Å²) < 4.78 is 4.67. The third kappa shape index (κ3) is 6.09. The first-order valence-electron chi connectivity index (χ1n) is 3.23. The number of carbonyl (C=O) groups excluding carboxylic acids is 1. The minimum absolute atomic E-state index is 0.325. The van der Waals surface area contributed by atoms with Gasteiger partial charge in [-0.2, -0.15) is 0 Å². The molecule has 0 aromatic heterocycles.